The summed E-state index contributed by atoms with van der Waals surface area (Å²) in [5.41, 5.74) is -0.285. The predicted molar refractivity (Wildman–Crippen MR) is 118 cm³/mol. The van der Waals surface area contributed by atoms with Gasteiger partial charge >= 0.3 is 5.97 Å². The van der Waals surface area contributed by atoms with Crippen LogP contribution >= 0.6 is 0 Å². The van der Waals surface area contributed by atoms with Crippen molar-refractivity contribution < 1.29 is 29.3 Å². The van der Waals surface area contributed by atoms with Crippen molar-refractivity contribution in [2.45, 2.75) is 79.1 Å². The summed E-state index contributed by atoms with van der Waals surface area (Å²) in [6, 6.07) is 0. The summed E-state index contributed by atoms with van der Waals surface area (Å²) >= 11 is 0. The summed E-state index contributed by atoms with van der Waals surface area (Å²) in [6.07, 6.45) is 2.37. The molecule has 2 N–H and O–H groups in total. The van der Waals surface area contributed by atoms with Crippen molar-refractivity contribution in [1.82, 2.24) is 0 Å². The predicted octanol–water partition coefficient (Wildman–Crippen LogP) is 3.57. The number of hydrogen-bond acceptors (Lipinski definition) is 6. The largest absolute Gasteiger partial charge is 0.454 e. The lowest BCUT2D eigenvalue weighted by atomic mass is 9.73. The number of hydrogen-bond donors (Lipinski definition) is 2. The normalized spacial score (nSPS) is 17.3. The molecule has 2 unspecified atom stereocenters. The smallest absolute Gasteiger partial charge is 0.309 e. The van der Waals surface area contributed by atoms with Crippen LogP contribution in [0.15, 0.2) is 37.0 Å². The summed E-state index contributed by atoms with van der Waals surface area (Å²) in [7, 11) is 0. The lowest BCUT2D eigenvalue weighted by molar-refractivity contribution is -0.159. The van der Waals surface area contributed by atoms with Gasteiger partial charge in [-0.25, -0.2) is 0 Å². The van der Waals surface area contributed by atoms with Gasteiger partial charge in [-0.3, -0.25) is 14.4 Å². The van der Waals surface area contributed by atoms with E-state index in [0.29, 0.717) is 6.42 Å². The molecule has 30 heavy (non-hydrogen) atoms. The van der Waals surface area contributed by atoms with Gasteiger partial charge in [-0.1, -0.05) is 51.5 Å². The Labute approximate surface area is 180 Å². The molecule has 0 saturated carbocycles. The van der Waals surface area contributed by atoms with E-state index in [2.05, 4.69) is 13.2 Å². The molecule has 0 fully saturated rings. The molecule has 0 spiro atoms. The first-order chi connectivity index (χ1) is 13.8. The van der Waals surface area contributed by atoms with E-state index in [1.165, 1.54) is 20.8 Å². The van der Waals surface area contributed by atoms with Crippen molar-refractivity contribution in [2.75, 3.05) is 0 Å². The monoisotopic (exact) mass is 422 g/mol. The Morgan fingerprint density at radius 1 is 1.10 bits per heavy atom. The zero-order valence-electron chi connectivity index (χ0n) is 19.2. The van der Waals surface area contributed by atoms with E-state index in [4.69, 9.17) is 4.74 Å². The fraction of sp³-hybridized carbons (Fsp3) is 0.625. The van der Waals surface area contributed by atoms with Gasteiger partial charge < -0.3 is 14.9 Å². The Kier molecular flexibility index (Phi) is 11.7. The van der Waals surface area contributed by atoms with E-state index in [9.17, 15) is 24.6 Å². The number of carbonyl (C=O) groups excluding carboxylic acids is 3. The fourth-order valence-corrected chi connectivity index (χ4v) is 3.04. The molecule has 6 nitrogen and oxygen atoms in total. The van der Waals surface area contributed by atoms with Crippen LogP contribution in [0.4, 0.5) is 0 Å². The summed E-state index contributed by atoms with van der Waals surface area (Å²) in [4.78, 5) is 37.0. The van der Waals surface area contributed by atoms with Gasteiger partial charge in [0.15, 0.2) is 11.9 Å². The topological polar surface area (TPSA) is 101 Å². The van der Waals surface area contributed by atoms with E-state index < -0.39 is 42.0 Å². The van der Waals surface area contributed by atoms with Crippen LogP contribution in [0.25, 0.3) is 0 Å². The van der Waals surface area contributed by atoms with Crippen molar-refractivity contribution >= 4 is 17.5 Å². The molecule has 0 rings (SSSR count). The quantitative estimate of drug-likeness (QED) is 0.328. The van der Waals surface area contributed by atoms with Gasteiger partial charge in [0.1, 0.15) is 5.78 Å². The number of carbonyl (C=O) groups is 3. The van der Waals surface area contributed by atoms with Crippen LogP contribution in [-0.2, 0) is 19.1 Å². The Morgan fingerprint density at radius 3 is 2.13 bits per heavy atom. The third-order valence-electron chi connectivity index (χ3n) is 5.54. The average Bonchev–Trinajstić information content (AvgIpc) is 2.68. The van der Waals surface area contributed by atoms with E-state index in [0.717, 1.165) is 5.57 Å². The lowest BCUT2D eigenvalue weighted by Gasteiger charge is -2.33. The van der Waals surface area contributed by atoms with Crippen LogP contribution in [0.3, 0.4) is 0 Å². The maximum atomic E-state index is 12.8. The minimum atomic E-state index is -1.32. The maximum absolute atomic E-state index is 12.8. The number of allylic oxidation sites excluding steroid dienone is 2. The van der Waals surface area contributed by atoms with Crippen LogP contribution in [0, 0.1) is 17.3 Å². The highest BCUT2D eigenvalue weighted by atomic mass is 16.5. The Morgan fingerprint density at radius 2 is 1.67 bits per heavy atom. The van der Waals surface area contributed by atoms with Crippen molar-refractivity contribution in [2.24, 2.45) is 17.3 Å². The molecule has 0 heterocycles. The third kappa shape index (κ3) is 8.36. The molecule has 5 atom stereocenters. The molecular formula is C24H38O6. The molecule has 170 valence electrons. The van der Waals surface area contributed by atoms with E-state index in [1.807, 2.05) is 13.0 Å². The second-order valence-electron chi connectivity index (χ2n) is 8.55. The summed E-state index contributed by atoms with van der Waals surface area (Å²) < 4.78 is 5.26. The highest BCUT2D eigenvalue weighted by Gasteiger charge is 2.42. The summed E-state index contributed by atoms with van der Waals surface area (Å²) in [6.45, 7) is 16.9. The number of ketones is 2. The molecule has 0 saturated heterocycles. The SMILES string of the molecule is C=CC/C(C)=C\CC(OC(=O)C[C@H](O)C(C)(C)C(=O)[C@H](C)[C@@H](O)C(C)C=C)C(C)=O. The van der Waals surface area contributed by atoms with Gasteiger partial charge in [-0.15, -0.1) is 13.2 Å². The molecule has 0 amide bonds. The minimum Gasteiger partial charge on any atom is -0.454 e. The second kappa shape index (κ2) is 12.6. The number of aliphatic hydroxyl groups is 2. The summed E-state index contributed by atoms with van der Waals surface area (Å²) in [5.74, 6) is -2.47. The number of Topliss-reactive ketones (excluding diaryl/α,β-unsaturated/α-hetero) is 2. The zero-order chi connectivity index (χ0) is 23.6. The molecule has 0 bridgehead atoms. The van der Waals surface area contributed by atoms with Crippen LogP contribution in [0.2, 0.25) is 0 Å². The highest BCUT2D eigenvalue weighted by Crippen LogP contribution is 2.31. The van der Waals surface area contributed by atoms with Crippen molar-refractivity contribution in [3.05, 3.63) is 37.0 Å². The van der Waals surface area contributed by atoms with Gasteiger partial charge in [-0.05, 0) is 20.3 Å². The average molecular weight is 423 g/mol. The first-order valence-corrected chi connectivity index (χ1v) is 10.3. The third-order valence-corrected chi connectivity index (χ3v) is 5.54. The van der Waals surface area contributed by atoms with E-state index in [-0.39, 0.29) is 23.9 Å². The van der Waals surface area contributed by atoms with Gasteiger partial charge in [-0.2, -0.15) is 0 Å². The maximum Gasteiger partial charge on any atom is 0.309 e. The van der Waals surface area contributed by atoms with Crippen LogP contribution in [0.5, 0.6) is 0 Å². The first-order valence-electron chi connectivity index (χ1n) is 10.3. The molecular weight excluding hydrogens is 384 g/mol. The molecule has 0 aromatic heterocycles. The zero-order valence-corrected chi connectivity index (χ0v) is 19.2. The Bertz CT molecular complexity index is 661. The van der Waals surface area contributed by atoms with Crippen LogP contribution in [0.1, 0.15) is 60.8 Å². The summed E-state index contributed by atoms with van der Waals surface area (Å²) in [5, 5.41) is 20.8. The van der Waals surface area contributed by atoms with Gasteiger partial charge in [0.2, 0.25) is 0 Å². The minimum absolute atomic E-state index is 0.238. The van der Waals surface area contributed by atoms with Crippen LogP contribution in [-0.4, -0.2) is 46.1 Å². The molecule has 0 aliphatic carbocycles. The molecule has 0 aromatic rings. The fourth-order valence-electron chi connectivity index (χ4n) is 3.04. The second-order valence-corrected chi connectivity index (χ2v) is 8.55. The lowest BCUT2D eigenvalue weighted by Crippen LogP contribution is -2.45. The van der Waals surface area contributed by atoms with Crippen molar-refractivity contribution in [3.8, 4) is 0 Å². The highest BCUT2D eigenvalue weighted by molar-refractivity contribution is 5.88. The van der Waals surface area contributed by atoms with Crippen molar-refractivity contribution in [1.29, 1.82) is 0 Å². The number of aliphatic hydroxyl groups excluding tert-OH is 2. The van der Waals surface area contributed by atoms with Gasteiger partial charge in [0.25, 0.3) is 0 Å². The van der Waals surface area contributed by atoms with E-state index in [1.54, 1.807) is 26.0 Å². The molecule has 0 aromatic carbocycles. The van der Waals surface area contributed by atoms with Crippen molar-refractivity contribution in [3.63, 3.8) is 0 Å². The van der Waals surface area contributed by atoms with Crippen LogP contribution < -0.4 is 0 Å². The first kappa shape index (κ1) is 27.9. The standard InChI is InChI=1S/C24H38O6/c1-9-11-15(3)12-13-19(18(6)25)30-21(27)14-20(26)24(7,8)23(29)17(5)22(28)16(4)10-2/h9-10,12,16-17,19-20,22,26,28H,1-2,11,13-14H2,3-8H3/b15-12-/t16?,17-,19?,20+,22+/m1/s1. The van der Waals surface area contributed by atoms with E-state index >= 15 is 0 Å². The van der Waals surface area contributed by atoms with Gasteiger partial charge in [0, 0.05) is 18.3 Å². The Balaban J connectivity index is 5.12. The van der Waals surface area contributed by atoms with Gasteiger partial charge in [0.05, 0.1) is 24.0 Å². The molecule has 0 aliphatic heterocycles. The Hall–Kier alpha value is -2.05. The molecule has 6 heteroatoms. The molecule has 0 aliphatic rings. The molecule has 0 radical (unpaired) electrons. The number of esters is 1. The number of ether oxygens (including phenoxy) is 1. The number of rotatable bonds is 14.